The standard InChI is InChI=1S/C17H22N4O5/c1-11(12-6-5-7-13(10-12)21(25)26)19(4)14(22)8-9-20-15(23)17(2,3)18-16(20)24/h5-7,10-11H,8-9H2,1-4H3,(H,18,24)/t11-/m1/s1. The molecule has 140 valence electrons. The first-order valence-corrected chi connectivity index (χ1v) is 8.18. The summed E-state index contributed by atoms with van der Waals surface area (Å²) in [5.74, 6) is -0.640. The summed E-state index contributed by atoms with van der Waals surface area (Å²) in [4.78, 5) is 49.3. The van der Waals surface area contributed by atoms with Crippen LogP contribution in [0.4, 0.5) is 10.5 Å². The molecular formula is C17H22N4O5. The van der Waals surface area contributed by atoms with E-state index < -0.39 is 16.5 Å². The molecule has 1 atom stereocenters. The van der Waals surface area contributed by atoms with Crippen LogP contribution < -0.4 is 5.32 Å². The van der Waals surface area contributed by atoms with Crippen LogP contribution in [-0.4, -0.2) is 51.7 Å². The molecule has 1 N–H and O–H groups in total. The molecule has 0 unspecified atom stereocenters. The summed E-state index contributed by atoms with van der Waals surface area (Å²) in [6.45, 7) is 4.95. The highest BCUT2D eigenvalue weighted by atomic mass is 16.6. The van der Waals surface area contributed by atoms with Crippen LogP contribution in [-0.2, 0) is 9.59 Å². The second-order valence-corrected chi connectivity index (χ2v) is 6.79. The molecule has 0 spiro atoms. The van der Waals surface area contributed by atoms with E-state index in [1.54, 1.807) is 40.0 Å². The number of nitro benzene ring substituents is 1. The van der Waals surface area contributed by atoms with Crippen LogP contribution in [0.2, 0.25) is 0 Å². The van der Waals surface area contributed by atoms with Gasteiger partial charge >= 0.3 is 6.03 Å². The number of urea groups is 1. The lowest BCUT2D eigenvalue weighted by Crippen LogP contribution is -2.41. The van der Waals surface area contributed by atoms with E-state index in [4.69, 9.17) is 0 Å². The average molecular weight is 362 g/mol. The van der Waals surface area contributed by atoms with Gasteiger partial charge in [-0.2, -0.15) is 0 Å². The van der Waals surface area contributed by atoms with Crippen molar-refractivity contribution in [3.05, 3.63) is 39.9 Å². The number of non-ortho nitro benzene ring substituents is 1. The van der Waals surface area contributed by atoms with Gasteiger partial charge < -0.3 is 10.2 Å². The lowest BCUT2D eigenvalue weighted by Gasteiger charge is -2.26. The Morgan fingerprint density at radius 2 is 2.04 bits per heavy atom. The first kappa shape index (κ1) is 19.4. The number of benzene rings is 1. The Labute approximate surface area is 151 Å². The largest absolute Gasteiger partial charge is 0.339 e. The Morgan fingerprint density at radius 3 is 2.58 bits per heavy atom. The lowest BCUT2D eigenvalue weighted by atomic mass is 10.1. The Balaban J connectivity index is 2.01. The van der Waals surface area contributed by atoms with E-state index in [0.29, 0.717) is 5.56 Å². The third-order valence-corrected chi connectivity index (χ3v) is 4.53. The molecule has 0 aliphatic carbocycles. The Morgan fingerprint density at radius 1 is 1.38 bits per heavy atom. The van der Waals surface area contributed by atoms with Crippen molar-refractivity contribution in [3.63, 3.8) is 0 Å². The van der Waals surface area contributed by atoms with Crippen LogP contribution in [0.1, 0.15) is 38.8 Å². The van der Waals surface area contributed by atoms with Crippen molar-refractivity contribution in [1.82, 2.24) is 15.1 Å². The molecule has 9 nitrogen and oxygen atoms in total. The second-order valence-electron chi connectivity index (χ2n) is 6.79. The van der Waals surface area contributed by atoms with E-state index in [2.05, 4.69) is 5.32 Å². The minimum absolute atomic E-state index is 0.0150. The van der Waals surface area contributed by atoms with Crippen molar-refractivity contribution in [1.29, 1.82) is 0 Å². The number of imide groups is 1. The molecule has 1 fully saturated rings. The molecule has 9 heteroatoms. The highest BCUT2D eigenvalue weighted by Crippen LogP contribution is 2.24. The topological polar surface area (TPSA) is 113 Å². The summed E-state index contributed by atoms with van der Waals surface area (Å²) >= 11 is 0. The zero-order chi connectivity index (χ0) is 19.6. The molecule has 1 saturated heterocycles. The molecule has 4 amide bonds. The van der Waals surface area contributed by atoms with E-state index in [1.165, 1.54) is 17.0 Å². The van der Waals surface area contributed by atoms with E-state index >= 15 is 0 Å². The molecule has 0 bridgehead atoms. The maximum Gasteiger partial charge on any atom is 0.325 e. The molecule has 1 aromatic rings. The van der Waals surface area contributed by atoms with E-state index in [0.717, 1.165) is 4.90 Å². The van der Waals surface area contributed by atoms with Crippen LogP contribution in [0.15, 0.2) is 24.3 Å². The smallest absolute Gasteiger partial charge is 0.325 e. The maximum atomic E-state index is 12.4. The number of rotatable bonds is 6. The zero-order valence-electron chi connectivity index (χ0n) is 15.2. The molecule has 0 aromatic heterocycles. The Hall–Kier alpha value is -2.97. The number of nitrogens with one attached hydrogen (secondary N) is 1. The Bertz CT molecular complexity index is 761. The second kappa shape index (κ2) is 7.11. The fourth-order valence-electron chi connectivity index (χ4n) is 2.74. The minimum atomic E-state index is -0.970. The predicted molar refractivity (Wildman–Crippen MR) is 93.2 cm³/mol. The van der Waals surface area contributed by atoms with Crippen molar-refractivity contribution >= 4 is 23.5 Å². The SMILES string of the molecule is C[C@H](c1cccc([N+](=O)[O-])c1)N(C)C(=O)CCN1C(=O)NC(C)(C)C1=O. The molecule has 1 aromatic carbocycles. The molecule has 0 saturated carbocycles. The number of nitrogens with zero attached hydrogens (tertiary/aromatic N) is 3. The predicted octanol–water partition coefficient (Wildman–Crippen LogP) is 1.83. The third kappa shape index (κ3) is 3.81. The number of carbonyl (C=O) groups excluding carboxylic acids is 3. The van der Waals surface area contributed by atoms with Gasteiger partial charge in [-0.1, -0.05) is 12.1 Å². The molecule has 1 heterocycles. The average Bonchev–Trinajstić information content (AvgIpc) is 2.79. The summed E-state index contributed by atoms with van der Waals surface area (Å²) in [5.41, 5.74) is -0.384. The molecule has 0 radical (unpaired) electrons. The third-order valence-electron chi connectivity index (χ3n) is 4.53. The van der Waals surface area contributed by atoms with Gasteiger partial charge in [0, 0.05) is 32.1 Å². The van der Waals surface area contributed by atoms with Gasteiger partial charge in [-0.3, -0.25) is 24.6 Å². The van der Waals surface area contributed by atoms with Crippen molar-refractivity contribution in [2.45, 2.75) is 38.8 Å². The fraction of sp³-hybridized carbons (Fsp3) is 0.471. The van der Waals surface area contributed by atoms with Crippen LogP contribution in [0.25, 0.3) is 0 Å². The van der Waals surface area contributed by atoms with Crippen LogP contribution >= 0.6 is 0 Å². The number of nitro groups is 1. The molecular weight excluding hydrogens is 340 g/mol. The first-order chi connectivity index (χ1) is 12.0. The summed E-state index contributed by atoms with van der Waals surface area (Å²) in [6.07, 6.45) is -0.0228. The van der Waals surface area contributed by atoms with Crippen LogP contribution in [0, 0.1) is 10.1 Å². The fourth-order valence-corrected chi connectivity index (χ4v) is 2.74. The molecule has 1 aliphatic heterocycles. The summed E-state index contributed by atoms with van der Waals surface area (Å²) in [7, 11) is 1.58. The molecule has 26 heavy (non-hydrogen) atoms. The van der Waals surface area contributed by atoms with E-state index in [1.807, 2.05) is 0 Å². The van der Waals surface area contributed by atoms with Gasteiger partial charge in [0.15, 0.2) is 0 Å². The summed E-state index contributed by atoms with van der Waals surface area (Å²) in [5, 5.41) is 13.5. The van der Waals surface area contributed by atoms with Gasteiger partial charge in [-0.25, -0.2) is 4.79 Å². The highest BCUT2D eigenvalue weighted by Gasteiger charge is 2.44. The number of amides is 4. The van der Waals surface area contributed by atoms with E-state index in [-0.39, 0.29) is 36.5 Å². The van der Waals surface area contributed by atoms with Crippen molar-refractivity contribution in [2.24, 2.45) is 0 Å². The molecule has 2 rings (SSSR count). The van der Waals surface area contributed by atoms with Crippen LogP contribution in [0.3, 0.4) is 0 Å². The lowest BCUT2D eigenvalue weighted by molar-refractivity contribution is -0.384. The van der Waals surface area contributed by atoms with Crippen LogP contribution in [0.5, 0.6) is 0 Å². The van der Waals surface area contributed by atoms with Crippen molar-refractivity contribution < 1.29 is 19.3 Å². The van der Waals surface area contributed by atoms with E-state index in [9.17, 15) is 24.5 Å². The van der Waals surface area contributed by atoms with Gasteiger partial charge in [0.1, 0.15) is 5.54 Å². The number of hydrogen-bond donors (Lipinski definition) is 1. The minimum Gasteiger partial charge on any atom is -0.339 e. The monoisotopic (exact) mass is 362 g/mol. The quantitative estimate of drug-likeness (QED) is 0.471. The van der Waals surface area contributed by atoms with Gasteiger partial charge in [0.25, 0.3) is 11.6 Å². The van der Waals surface area contributed by atoms with Crippen molar-refractivity contribution in [2.75, 3.05) is 13.6 Å². The number of carbonyl (C=O) groups is 3. The number of hydrogen-bond acceptors (Lipinski definition) is 5. The first-order valence-electron chi connectivity index (χ1n) is 8.18. The highest BCUT2D eigenvalue weighted by molar-refractivity contribution is 6.06. The van der Waals surface area contributed by atoms with Gasteiger partial charge in [-0.05, 0) is 26.3 Å². The Kier molecular flexibility index (Phi) is 5.29. The zero-order valence-corrected chi connectivity index (χ0v) is 15.2. The van der Waals surface area contributed by atoms with Crippen molar-refractivity contribution in [3.8, 4) is 0 Å². The van der Waals surface area contributed by atoms with Gasteiger partial charge in [0.05, 0.1) is 11.0 Å². The van der Waals surface area contributed by atoms with Gasteiger partial charge in [0.2, 0.25) is 5.91 Å². The summed E-state index contributed by atoms with van der Waals surface area (Å²) < 4.78 is 0. The normalized spacial score (nSPS) is 17.0. The molecule has 1 aliphatic rings. The maximum absolute atomic E-state index is 12.4. The summed E-state index contributed by atoms with van der Waals surface area (Å²) in [6, 6.07) is 5.19. The van der Waals surface area contributed by atoms with Gasteiger partial charge in [-0.15, -0.1) is 0 Å².